The maximum Gasteiger partial charge on any atom is 0.177 e. The average molecular weight is 324 g/mol. The van der Waals surface area contributed by atoms with Gasteiger partial charge in [-0.2, -0.15) is 0 Å². The van der Waals surface area contributed by atoms with Crippen LogP contribution in [0.3, 0.4) is 0 Å². The van der Waals surface area contributed by atoms with Crippen molar-refractivity contribution >= 4 is 24.2 Å². The van der Waals surface area contributed by atoms with Crippen LogP contribution in [-0.4, -0.2) is 54.6 Å². The summed E-state index contributed by atoms with van der Waals surface area (Å²) in [5.74, 6) is -1.77. The molecular formula is C15H30ClNO4. The maximum absolute atomic E-state index is 12.2. The van der Waals surface area contributed by atoms with Gasteiger partial charge in [-0.1, -0.05) is 32.6 Å². The van der Waals surface area contributed by atoms with Gasteiger partial charge in [0.25, 0.3) is 0 Å². The number of carboxylic acid groups (broad SMARTS) is 1. The van der Waals surface area contributed by atoms with Gasteiger partial charge in [0.15, 0.2) is 11.4 Å². The van der Waals surface area contributed by atoms with Gasteiger partial charge in [-0.25, -0.2) is 0 Å². The molecule has 0 heterocycles. The monoisotopic (exact) mass is 323 g/mol. The second-order valence-corrected chi connectivity index (χ2v) is 6.62. The van der Waals surface area contributed by atoms with Crippen LogP contribution in [0.4, 0.5) is 0 Å². The molecule has 6 heteroatoms. The summed E-state index contributed by atoms with van der Waals surface area (Å²) in [4.78, 5) is 22.9. The highest BCUT2D eigenvalue weighted by Crippen LogP contribution is 2.19. The van der Waals surface area contributed by atoms with E-state index in [9.17, 15) is 19.8 Å². The van der Waals surface area contributed by atoms with Gasteiger partial charge < -0.3 is 19.5 Å². The van der Waals surface area contributed by atoms with Crippen molar-refractivity contribution in [1.29, 1.82) is 0 Å². The summed E-state index contributed by atoms with van der Waals surface area (Å²) in [5, 5.41) is 21.2. The fourth-order valence-corrected chi connectivity index (χ4v) is 2.39. The van der Waals surface area contributed by atoms with E-state index in [1.165, 1.54) is 0 Å². The van der Waals surface area contributed by atoms with E-state index in [2.05, 4.69) is 6.92 Å². The third kappa shape index (κ3) is 10.7. The molecule has 0 fully saturated rings. The molecule has 1 atom stereocenters. The van der Waals surface area contributed by atoms with Gasteiger partial charge >= 0.3 is 0 Å². The summed E-state index contributed by atoms with van der Waals surface area (Å²) in [6.07, 6.45) is 4.57. The maximum atomic E-state index is 12.2. The van der Waals surface area contributed by atoms with E-state index in [4.69, 9.17) is 0 Å². The molecular weight excluding hydrogens is 294 g/mol. The lowest BCUT2D eigenvalue weighted by molar-refractivity contribution is -0.875. The van der Waals surface area contributed by atoms with Crippen LogP contribution in [0.5, 0.6) is 0 Å². The minimum Gasteiger partial charge on any atom is -0.550 e. The minimum absolute atomic E-state index is 0. The Bertz CT molecular complexity index is 328. The Hall–Kier alpha value is -0.650. The van der Waals surface area contributed by atoms with E-state index in [-0.39, 0.29) is 31.2 Å². The van der Waals surface area contributed by atoms with Crippen LogP contribution in [0.1, 0.15) is 51.9 Å². The first-order valence-corrected chi connectivity index (χ1v) is 7.37. The van der Waals surface area contributed by atoms with Gasteiger partial charge in [0.2, 0.25) is 0 Å². The molecule has 5 nitrogen and oxygen atoms in total. The number of aliphatic hydroxyl groups is 1. The first kappa shape index (κ1) is 22.6. The van der Waals surface area contributed by atoms with Crippen molar-refractivity contribution < 1.29 is 24.3 Å². The molecule has 0 amide bonds. The number of likely N-dealkylation sites (N-methyl/N-ethyl adjacent to an activating group) is 1. The van der Waals surface area contributed by atoms with Gasteiger partial charge in [-0.15, -0.1) is 12.4 Å². The molecule has 0 aliphatic rings. The van der Waals surface area contributed by atoms with E-state index in [0.29, 0.717) is 10.9 Å². The predicted octanol–water partition coefficient (Wildman–Crippen LogP) is 0.915. The van der Waals surface area contributed by atoms with Gasteiger partial charge in [0.05, 0.1) is 21.1 Å². The number of ketones is 1. The molecule has 0 aliphatic heterocycles. The minimum atomic E-state index is -1.82. The fourth-order valence-electron chi connectivity index (χ4n) is 2.39. The van der Waals surface area contributed by atoms with Crippen molar-refractivity contribution in [2.24, 2.45) is 0 Å². The molecule has 0 saturated heterocycles. The number of nitrogens with zero attached hydrogens (tertiary/aromatic N) is 1. The number of Topliss-reactive ketones (excluding diaryl/α,β-unsaturated/α-hetero) is 1. The molecule has 0 radical (unpaired) electrons. The number of quaternary nitrogens is 1. The standard InChI is InChI=1S/C15H29NO4.ClH/c1-5-6-7-8-9-10-13(17)15(20,11-14(18)19)12-16(2,3)4;/h20H,5-12H2,1-4H3;1H/t15-;/m1./s1. The summed E-state index contributed by atoms with van der Waals surface area (Å²) in [7, 11) is 5.44. The first-order chi connectivity index (χ1) is 9.10. The van der Waals surface area contributed by atoms with Crippen LogP contribution < -0.4 is 5.11 Å². The van der Waals surface area contributed by atoms with E-state index in [1.807, 2.05) is 21.1 Å². The summed E-state index contributed by atoms with van der Waals surface area (Å²) in [5.41, 5.74) is -1.82. The molecule has 0 aromatic rings. The van der Waals surface area contributed by atoms with Crippen molar-refractivity contribution in [2.75, 3.05) is 27.7 Å². The molecule has 0 rings (SSSR count). The first-order valence-electron chi connectivity index (χ1n) is 7.37. The number of carbonyl (C=O) groups is 2. The van der Waals surface area contributed by atoms with Crippen LogP contribution in [0.2, 0.25) is 0 Å². The Morgan fingerprint density at radius 1 is 1.10 bits per heavy atom. The summed E-state index contributed by atoms with van der Waals surface area (Å²) >= 11 is 0. The number of rotatable bonds is 11. The van der Waals surface area contributed by atoms with Crippen molar-refractivity contribution in [1.82, 2.24) is 0 Å². The Balaban J connectivity index is 0. The third-order valence-electron chi connectivity index (χ3n) is 3.20. The molecule has 0 unspecified atom stereocenters. The second-order valence-electron chi connectivity index (χ2n) is 6.62. The highest BCUT2D eigenvalue weighted by atomic mass is 35.5. The number of unbranched alkanes of at least 4 members (excludes halogenated alkanes) is 4. The number of carbonyl (C=O) groups excluding carboxylic acids is 2. The number of carboxylic acids is 1. The Kier molecular flexibility index (Phi) is 10.9. The zero-order valence-corrected chi connectivity index (χ0v) is 14.5. The molecule has 0 aliphatic carbocycles. The average Bonchev–Trinajstić information content (AvgIpc) is 2.24. The molecule has 126 valence electrons. The molecule has 1 N–H and O–H groups in total. The van der Waals surface area contributed by atoms with Crippen LogP contribution >= 0.6 is 12.4 Å². The second kappa shape index (κ2) is 10.1. The lowest BCUT2D eigenvalue weighted by atomic mass is 9.89. The fraction of sp³-hybridized carbons (Fsp3) is 0.867. The smallest absolute Gasteiger partial charge is 0.177 e. The predicted molar refractivity (Wildman–Crippen MR) is 83.1 cm³/mol. The van der Waals surface area contributed by atoms with Gasteiger partial charge in [-0.3, -0.25) is 4.79 Å². The van der Waals surface area contributed by atoms with Crippen LogP contribution in [0.15, 0.2) is 0 Å². The lowest BCUT2D eigenvalue weighted by Gasteiger charge is -2.34. The lowest BCUT2D eigenvalue weighted by Crippen LogP contribution is -2.56. The summed E-state index contributed by atoms with van der Waals surface area (Å²) < 4.78 is 0.325. The normalized spacial score (nSPS) is 14.1. The number of hydrogen-bond donors (Lipinski definition) is 1. The van der Waals surface area contributed by atoms with Crippen LogP contribution in [0, 0.1) is 0 Å². The zero-order chi connectivity index (χ0) is 15.8. The highest BCUT2D eigenvalue weighted by Gasteiger charge is 2.40. The Labute approximate surface area is 134 Å². The summed E-state index contributed by atoms with van der Waals surface area (Å²) in [6, 6.07) is 0. The number of halogens is 1. The van der Waals surface area contributed by atoms with E-state index in [0.717, 1.165) is 25.7 Å². The topological polar surface area (TPSA) is 77.4 Å². The number of hydrogen-bond acceptors (Lipinski definition) is 4. The largest absolute Gasteiger partial charge is 0.550 e. The van der Waals surface area contributed by atoms with E-state index >= 15 is 0 Å². The van der Waals surface area contributed by atoms with Gasteiger partial charge in [0, 0.05) is 18.8 Å². The SMILES string of the molecule is CCCCCCCC(=O)[C@@](O)(CC(=O)[O-])C[N+](C)(C)C.Cl. The van der Waals surface area contributed by atoms with Crippen molar-refractivity contribution in [2.45, 2.75) is 57.5 Å². The van der Waals surface area contributed by atoms with Crippen molar-refractivity contribution in [3.63, 3.8) is 0 Å². The van der Waals surface area contributed by atoms with Crippen LogP contribution in [0.25, 0.3) is 0 Å². The van der Waals surface area contributed by atoms with E-state index < -0.39 is 18.0 Å². The quantitative estimate of drug-likeness (QED) is 0.453. The molecule has 0 aromatic heterocycles. The highest BCUT2D eigenvalue weighted by molar-refractivity contribution is 5.90. The molecule has 21 heavy (non-hydrogen) atoms. The molecule has 0 bridgehead atoms. The summed E-state index contributed by atoms with van der Waals surface area (Å²) in [6.45, 7) is 2.19. The third-order valence-corrected chi connectivity index (χ3v) is 3.20. The number of aliphatic carboxylic acids is 1. The van der Waals surface area contributed by atoms with Gasteiger partial charge in [0.1, 0.15) is 6.54 Å². The van der Waals surface area contributed by atoms with Gasteiger partial charge in [-0.05, 0) is 6.42 Å². The molecule has 0 saturated carbocycles. The Morgan fingerprint density at radius 2 is 1.62 bits per heavy atom. The van der Waals surface area contributed by atoms with Crippen LogP contribution in [-0.2, 0) is 9.59 Å². The zero-order valence-electron chi connectivity index (χ0n) is 13.7. The van der Waals surface area contributed by atoms with Crippen molar-refractivity contribution in [3.8, 4) is 0 Å². The van der Waals surface area contributed by atoms with Crippen molar-refractivity contribution in [3.05, 3.63) is 0 Å². The van der Waals surface area contributed by atoms with E-state index in [1.54, 1.807) is 0 Å². The Morgan fingerprint density at radius 3 is 2.05 bits per heavy atom. The molecule has 0 aromatic carbocycles. The molecule has 0 spiro atoms.